The van der Waals surface area contributed by atoms with Crippen molar-refractivity contribution in [2.24, 2.45) is 11.8 Å². The Kier molecular flexibility index (Phi) is 5.70. The molecule has 2 unspecified atom stereocenters. The van der Waals surface area contributed by atoms with Gasteiger partial charge in [0, 0.05) is 61.6 Å². The van der Waals surface area contributed by atoms with Gasteiger partial charge in [0.1, 0.15) is 0 Å². The maximum absolute atomic E-state index is 12.0. The Morgan fingerprint density at radius 3 is 2.65 bits per heavy atom. The van der Waals surface area contributed by atoms with Gasteiger partial charge in [0.15, 0.2) is 11.6 Å². The Hall–Kier alpha value is -2.64. The molecule has 7 rings (SSSR count). The summed E-state index contributed by atoms with van der Waals surface area (Å²) in [6.45, 7) is 6.99. The van der Waals surface area contributed by atoms with E-state index in [2.05, 4.69) is 32.1 Å². The summed E-state index contributed by atoms with van der Waals surface area (Å²) < 4.78 is 32.3. The number of fused-ring (bicyclic) bond motifs is 3. The predicted octanol–water partition coefficient (Wildman–Crippen LogP) is 2.39. The van der Waals surface area contributed by atoms with Crippen molar-refractivity contribution in [3.05, 3.63) is 35.3 Å². The van der Waals surface area contributed by atoms with Crippen molar-refractivity contribution in [1.29, 1.82) is 0 Å². The van der Waals surface area contributed by atoms with E-state index in [-0.39, 0.29) is 0 Å². The Morgan fingerprint density at radius 1 is 1.11 bits per heavy atom. The second-order valence-corrected chi connectivity index (χ2v) is 13.4. The third kappa shape index (κ3) is 4.30. The van der Waals surface area contributed by atoms with Gasteiger partial charge in [-0.05, 0) is 24.0 Å². The third-order valence-corrected chi connectivity index (χ3v) is 10.2. The standard InChI is InChI=1S/C25H29N7O3S2/c1-37(33,34)32-13-16-11-30(12-17(16)14-32)15-18-9-22-23(36-18)25(31-5-7-35-8-6-31)28-24(27-22)19-3-2-4-21-20(19)10-26-29-21/h2-4,9-10,16-17H,5-8,11-15H2,1H3,(H,26,29). The highest BCUT2D eigenvalue weighted by Gasteiger charge is 2.42. The molecule has 3 aliphatic rings. The Bertz CT molecular complexity index is 1560. The SMILES string of the molecule is CS(=O)(=O)N1CC2CN(Cc3cc4nc(-c5cccc6[nH]ncc56)nc(N5CCOCC5)c4s3)CC2C1. The van der Waals surface area contributed by atoms with Gasteiger partial charge in [-0.25, -0.2) is 22.7 Å². The molecular formula is C25H29N7O3S2. The van der Waals surface area contributed by atoms with Crippen LogP contribution in [0.5, 0.6) is 0 Å². The Labute approximate surface area is 219 Å². The highest BCUT2D eigenvalue weighted by Crippen LogP contribution is 2.38. The number of ether oxygens (including phenoxy) is 1. The molecule has 1 N–H and O–H groups in total. The van der Waals surface area contributed by atoms with E-state index < -0.39 is 10.0 Å². The Morgan fingerprint density at radius 2 is 1.89 bits per heavy atom. The van der Waals surface area contributed by atoms with E-state index in [1.54, 1.807) is 15.6 Å². The van der Waals surface area contributed by atoms with Gasteiger partial charge in [-0.2, -0.15) is 5.10 Å². The van der Waals surface area contributed by atoms with Crippen LogP contribution in [-0.4, -0.2) is 96.5 Å². The van der Waals surface area contributed by atoms with Crippen LogP contribution in [0.25, 0.3) is 32.5 Å². The summed E-state index contributed by atoms with van der Waals surface area (Å²) in [7, 11) is -3.11. The zero-order valence-electron chi connectivity index (χ0n) is 20.6. The molecule has 0 saturated carbocycles. The van der Waals surface area contributed by atoms with Crippen molar-refractivity contribution in [3.8, 4) is 11.4 Å². The Balaban J connectivity index is 1.21. The predicted molar refractivity (Wildman–Crippen MR) is 144 cm³/mol. The fourth-order valence-corrected chi connectivity index (χ4v) is 8.06. The number of benzene rings is 1. The fourth-order valence-electron chi connectivity index (χ4n) is 5.98. The molecule has 37 heavy (non-hydrogen) atoms. The quantitative estimate of drug-likeness (QED) is 0.412. The number of H-pyrrole nitrogens is 1. The van der Waals surface area contributed by atoms with Gasteiger partial charge in [0.05, 0.1) is 41.4 Å². The normalized spacial score (nSPS) is 23.4. The number of hydrogen-bond acceptors (Lipinski definition) is 9. The molecule has 0 aliphatic carbocycles. The first-order valence-electron chi connectivity index (χ1n) is 12.7. The molecule has 0 spiro atoms. The summed E-state index contributed by atoms with van der Waals surface area (Å²) in [4.78, 5) is 16.2. The lowest BCUT2D eigenvalue weighted by Gasteiger charge is -2.28. The van der Waals surface area contributed by atoms with Crippen LogP contribution in [0.15, 0.2) is 30.5 Å². The lowest BCUT2D eigenvalue weighted by molar-refractivity contribution is 0.122. The first-order valence-corrected chi connectivity index (χ1v) is 15.3. The van der Waals surface area contributed by atoms with Crippen LogP contribution in [0.4, 0.5) is 5.82 Å². The number of thiophene rings is 1. The van der Waals surface area contributed by atoms with E-state index in [0.29, 0.717) is 44.0 Å². The van der Waals surface area contributed by atoms with Crippen LogP contribution in [0.3, 0.4) is 0 Å². The molecule has 6 heterocycles. The van der Waals surface area contributed by atoms with Crippen LogP contribution in [0.1, 0.15) is 4.88 Å². The number of aromatic amines is 1. The monoisotopic (exact) mass is 539 g/mol. The second kappa shape index (κ2) is 8.98. The number of nitrogens with one attached hydrogen (secondary N) is 1. The molecule has 1 aromatic carbocycles. The maximum atomic E-state index is 12.0. The van der Waals surface area contributed by atoms with Gasteiger partial charge >= 0.3 is 0 Å². The van der Waals surface area contributed by atoms with Crippen molar-refractivity contribution >= 4 is 48.3 Å². The third-order valence-electron chi connectivity index (χ3n) is 7.82. The van der Waals surface area contributed by atoms with Crippen LogP contribution < -0.4 is 4.90 Å². The highest BCUT2D eigenvalue weighted by atomic mass is 32.2. The number of sulfonamides is 1. The van der Waals surface area contributed by atoms with E-state index in [1.807, 2.05) is 18.3 Å². The van der Waals surface area contributed by atoms with Gasteiger partial charge in [-0.15, -0.1) is 11.3 Å². The summed E-state index contributed by atoms with van der Waals surface area (Å²) in [5.41, 5.74) is 2.90. The average molecular weight is 540 g/mol. The summed E-state index contributed by atoms with van der Waals surface area (Å²) in [5.74, 6) is 2.51. The number of hydrogen-bond donors (Lipinski definition) is 1. The van der Waals surface area contributed by atoms with Crippen LogP contribution in [0.2, 0.25) is 0 Å². The first-order chi connectivity index (χ1) is 17.9. The molecule has 0 radical (unpaired) electrons. The number of anilines is 1. The van der Waals surface area contributed by atoms with Crippen LogP contribution in [0, 0.1) is 11.8 Å². The molecule has 0 bridgehead atoms. The van der Waals surface area contributed by atoms with Crippen molar-refractivity contribution < 1.29 is 13.2 Å². The minimum absolute atomic E-state index is 0.412. The van der Waals surface area contributed by atoms with Gasteiger partial charge in [0.25, 0.3) is 0 Å². The number of morpholine rings is 1. The van der Waals surface area contributed by atoms with E-state index in [9.17, 15) is 8.42 Å². The zero-order valence-corrected chi connectivity index (χ0v) is 22.3. The van der Waals surface area contributed by atoms with Crippen molar-refractivity contribution in [1.82, 2.24) is 29.4 Å². The minimum atomic E-state index is -3.11. The average Bonchev–Trinajstić information content (AvgIpc) is 3.65. The summed E-state index contributed by atoms with van der Waals surface area (Å²) >= 11 is 1.77. The molecule has 3 aliphatic heterocycles. The lowest BCUT2D eigenvalue weighted by Crippen LogP contribution is -2.36. The van der Waals surface area contributed by atoms with Crippen LogP contribution in [-0.2, 0) is 21.3 Å². The van der Waals surface area contributed by atoms with Crippen LogP contribution >= 0.6 is 11.3 Å². The molecular weight excluding hydrogens is 510 g/mol. The van der Waals surface area contributed by atoms with Gasteiger partial charge < -0.3 is 9.64 Å². The van der Waals surface area contributed by atoms with Crippen molar-refractivity contribution in [2.45, 2.75) is 6.54 Å². The molecule has 3 aromatic heterocycles. The van der Waals surface area contributed by atoms with Crippen molar-refractivity contribution in [3.63, 3.8) is 0 Å². The van der Waals surface area contributed by atoms with Gasteiger partial charge in [-0.1, -0.05) is 12.1 Å². The number of rotatable bonds is 5. The van der Waals surface area contributed by atoms with Crippen molar-refractivity contribution in [2.75, 3.05) is 63.6 Å². The van der Waals surface area contributed by atoms with E-state index in [1.165, 1.54) is 11.1 Å². The number of aromatic nitrogens is 4. The topological polar surface area (TPSA) is 108 Å². The second-order valence-electron chi connectivity index (χ2n) is 10.3. The summed E-state index contributed by atoms with van der Waals surface area (Å²) in [5, 5.41) is 8.27. The maximum Gasteiger partial charge on any atom is 0.211 e. The van der Waals surface area contributed by atoms with Gasteiger partial charge in [-0.3, -0.25) is 10.00 Å². The van der Waals surface area contributed by atoms with E-state index in [0.717, 1.165) is 65.2 Å². The lowest BCUT2D eigenvalue weighted by atomic mass is 10.0. The minimum Gasteiger partial charge on any atom is -0.378 e. The van der Waals surface area contributed by atoms with Gasteiger partial charge in [0.2, 0.25) is 10.0 Å². The van der Waals surface area contributed by atoms with E-state index >= 15 is 0 Å². The molecule has 3 saturated heterocycles. The molecule has 3 fully saturated rings. The summed E-state index contributed by atoms with van der Waals surface area (Å²) in [6, 6.07) is 8.28. The van der Waals surface area contributed by atoms with E-state index in [4.69, 9.17) is 14.7 Å². The number of likely N-dealkylation sites (tertiary alicyclic amines) is 1. The largest absolute Gasteiger partial charge is 0.378 e. The molecule has 194 valence electrons. The highest BCUT2D eigenvalue weighted by molar-refractivity contribution is 7.88. The summed E-state index contributed by atoms with van der Waals surface area (Å²) in [6.07, 6.45) is 3.15. The molecule has 2 atom stereocenters. The number of nitrogens with zero attached hydrogens (tertiary/aromatic N) is 6. The molecule has 0 amide bonds. The fraction of sp³-hybridized carbons (Fsp3) is 0.480. The zero-order chi connectivity index (χ0) is 25.1. The molecule has 4 aromatic rings. The first kappa shape index (κ1) is 23.5. The molecule has 12 heteroatoms. The smallest absolute Gasteiger partial charge is 0.211 e. The molecule has 10 nitrogen and oxygen atoms in total.